The van der Waals surface area contributed by atoms with Crippen LogP contribution in [0.4, 0.5) is 0 Å². The lowest BCUT2D eigenvalue weighted by molar-refractivity contribution is -0.125. The lowest BCUT2D eigenvalue weighted by atomic mass is 9.56. The molecule has 0 aromatic carbocycles. The Labute approximate surface area is 126 Å². The molecule has 0 saturated carbocycles. The van der Waals surface area contributed by atoms with E-state index in [0.717, 1.165) is 0 Å². The first kappa shape index (κ1) is 14.1. The molecule has 2 atom stereocenters. The fraction of sp³-hybridized carbons (Fsp3) is 0.615. The number of carbonyl (C=O) groups is 1. The van der Waals surface area contributed by atoms with Gasteiger partial charge in [0.2, 0.25) is 5.91 Å². The summed E-state index contributed by atoms with van der Waals surface area (Å²) in [6.45, 7) is 7.70. The standard InChI is InChI=1S/C13H15IN4O/c1-7(2)13-11(3,4)12(6-16,10(19)18-13)8(5-15)9(14)17-13/h7,17H,1-4H3,(H,18,19)/t12-,13+/m0/s1. The zero-order chi connectivity index (χ0) is 14.6. The van der Waals surface area contributed by atoms with Crippen molar-refractivity contribution in [1.29, 1.82) is 10.5 Å². The molecule has 1 saturated heterocycles. The number of amides is 1. The number of carbonyl (C=O) groups excluding carboxylic acids is 1. The average Bonchev–Trinajstić information content (AvgIpc) is 2.43. The number of halogens is 1. The van der Waals surface area contributed by atoms with Gasteiger partial charge in [-0.05, 0) is 28.5 Å². The molecule has 2 N–H and O–H groups in total. The Balaban J connectivity index is 2.88. The molecule has 19 heavy (non-hydrogen) atoms. The molecule has 0 aromatic heterocycles. The number of rotatable bonds is 1. The van der Waals surface area contributed by atoms with E-state index in [1.54, 1.807) is 0 Å². The predicted octanol–water partition coefficient (Wildman–Crippen LogP) is 1.78. The molecule has 2 aliphatic rings. The van der Waals surface area contributed by atoms with Crippen molar-refractivity contribution >= 4 is 28.5 Å². The number of nitrogens with one attached hydrogen (secondary N) is 2. The zero-order valence-electron chi connectivity index (χ0n) is 11.3. The van der Waals surface area contributed by atoms with Crippen LogP contribution < -0.4 is 10.6 Å². The van der Waals surface area contributed by atoms with Crippen LogP contribution in [0, 0.1) is 39.4 Å². The molecule has 2 aliphatic heterocycles. The first-order valence-corrected chi connectivity index (χ1v) is 7.11. The Bertz CT molecular complexity index is 580. The maximum Gasteiger partial charge on any atom is 0.248 e. The Morgan fingerprint density at radius 2 is 1.84 bits per heavy atom. The molecule has 0 aliphatic carbocycles. The van der Waals surface area contributed by atoms with Crippen molar-refractivity contribution < 1.29 is 4.79 Å². The quantitative estimate of drug-likeness (QED) is 0.544. The average molecular weight is 370 g/mol. The third-order valence-electron chi connectivity index (χ3n) is 4.62. The van der Waals surface area contributed by atoms with E-state index >= 15 is 0 Å². The van der Waals surface area contributed by atoms with Gasteiger partial charge in [-0.25, -0.2) is 0 Å². The van der Waals surface area contributed by atoms with Crippen LogP contribution in [0.3, 0.4) is 0 Å². The zero-order valence-corrected chi connectivity index (χ0v) is 13.4. The van der Waals surface area contributed by atoms with Gasteiger partial charge in [0.15, 0.2) is 5.41 Å². The van der Waals surface area contributed by atoms with Crippen molar-refractivity contribution in [2.24, 2.45) is 16.7 Å². The number of fused-ring (bicyclic) bond motifs is 2. The van der Waals surface area contributed by atoms with Gasteiger partial charge < -0.3 is 10.6 Å². The molecule has 0 unspecified atom stereocenters. The van der Waals surface area contributed by atoms with Crippen molar-refractivity contribution in [2.75, 3.05) is 0 Å². The van der Waals surface area contributed by atoms with Crippen molar-refractivity contribution in [3.8, 4) is 12.1 Å². The van der Waals surface area contributed by atoms with Crippen LogP contribution in [0.1, 0.15) is 27.7 Å². The first-order valence-electron chi connectivity index (χ1n) is 6.03. The van der Waals surface area contributed by atoms with Crippen molar-refractivity contribution in [3.63, 3.8) is 0 Å². The molecule has 6 heteroatoms. The summed E-state index contributed by atoms with van der Waals surface area (Å²) < 4.78 is 0.577. The molecule has 0 spiro atoms. The van der Waals surface area contributed by atoms with E-state index in [4.69, 9.17) is 0 Å². The van der Waals surface area contributed by atoms with E-state index in [0.29, 0.717) is 3.70 Å². The monoisotopic (exact) mass is 370 g/mol. The number of nitrogens with zero attached hydrogens (tertiary/aromatic N) is 2. The van der Waals surface area contributed by atoms with Gasteiger partial charge >= 0.3 is 0 Å². The minimum atomic E-state index is -1.42. The second kappa shape index (κ2) is 3.86. The third-order valence-corrected chi connectivity index (χ3v) is 5.43. The predicted molar refractivity (Wildman–Crippen MR) is 77.3 cm³/mol. The summed E-state index contributed by atoms with van der Waals surface area (Å²) in [5.41, 5.74) is -2.64. The van der Waals surface area contributed by atoms with Crippen LogP contribution in [-0.4, -0.2) is 11.6 Å². The summed E-state index contributed by atoms with van der Waals surface area (Å²) in [6, 6.07) is 4.16. The van der Waals surface area contributed by atoms with Crippen molar-refractivity contribution in [1.82, 2.24) is 10.6 Å². The number of nitriles is 2. The number of hydrogen-bond donors (Lipinski definition) is 2. The molecule has 100 valence electrons. The lowest BCUT2D eigenvalue weighted by Gasteiger charge is -2.51. The molecular weight excluding hydrogens is 355 g/mol. The van der Waals surface area contributed by atoms with Crippen molar-refractivity contribution in [3.05, 3.63) is 9.28 Å². The van der Waals surface area contributed by atoms with Gasteiger partial charge in [0.25, 0.3) is 0 Å². The molecule has 1 amide bonds. The van der Waals surface area contributed by atoms with Crippen molar-refractivity contribution in [2.45, 2.75) is 33.4 Å². The molecule has 1 fully saturated rings. The van der Waals surface area contributed by atoms with E-state index in [2.05, 4.69) is 16.7 Å². The fourth-order valence-corrected chi connectivity index (χ4v) is 4.36. The second-order valence-electron chi connectivity index (χ2n) is 5.83. The highest BCUT2D eigenvalue weighted by molar-refractivity contribution is 14.1. The van der Waals surface area contributed by atoms with Gasteiger partial charge in [0.1, 0.15) is 5.66 Å². The Hall–Kier alpha value is -1.28. The second-order valence-corrected chi connectivity index (χ2v) is 6.91. The molecule has 2 rings (SSSR count). The summed E-state index contributed by atoms with van der Waals surface area (Å²) in [4.78, 5) is 12.5. The van der Waals surface area contributed by atoms with Gasteiger partial charge in [0.05, 0.1) is 21.4 Å². The Kier molecular flexibility index (Phi) is 2.87. The highest BCUT2D eigenvalue weighted by atomic mass is 127. The minimum absolute atomic E-state index is 0.0756. The molecule has 0 aromatic rings. The maximum absolute atomic E-state index is 12.5. The van der Waals surface area contributed by atoms with Crippen LogP contribution >= 0.6 is 22.6 Å². The summed E-state index contributed by atoms with van der Waals surface area (Å²) in [5.74, 6) is -0.309. The SMILES string of the molecule is CC(C)[C@]12NC(=O)[C@](C#N)(C(C#N)=C(I)N1)C2(C)C. The fourth-order valence-electron chi connectivity index (χ4n) is 3.41. The molecule has 2 bridgehead atoms. The normalized spacial score (nSPS) is 35.5. The lowest BCUT2D eigenvalue weighted by Crippen LogP contribution is -2.67. The molecule has 5 nitrogen and oxygen atoms in total. The van der Waals surface area contributed by atoms with Crippen LogP contribution in [0.15, 0.2) is 9.28 Å². The van der Waals surface area contributed by atoms with Gasteiger partial charge in [-0.3, -0.25) is 4.79 Å². The van der Waals surface area contributed by atoms with Gasteiger partial charge in [0, 0.05) is 5.41 Å². The van der Waals surface area contributed by atoms with E-state index in [-0.39, 0.29) is 17.4 Å². The molecule has 0 radical (unpaired) electrons. The third kappa shape index (κ3) is 1.26. The topological polar surface area (TPSA) is 88.7 Å². The van der Waals surface area contributed by atoms with E-state index < -0.39 is 16.5 Å². The molecular formula is C13H15IN4O. The summed E-state index contributed by atoms with van der Waals surface area (Å²) >= 11 is 2.00. The maximum atomic E-state index is 12.5. The highest BCUT2D eigenvalue weighted by Crippen LogP contribution is 2.60. The highest BCUT2D eigenvalue weighted by Gasteiger charge is 2.74. The first-order chi connectivity index (χ1) is 8.71. The van der Waals surface area contributed by atoms with Gasteiger partial charge in [-0.1, -0.05) is 27.7 Å². The minimum Gasteiger partial charge on any atom is -0.356 e. The van der Waals surface area contributed by atoms with Crippen LogP contribution in [-0.2, 0) is 4.79 Å². The van der Waals surface area contributed by atoms with Gasteiger partial charge in [-0.2, -0.15) is 10.5 Å². The largest absolute Gasteiger partial charge is 0.356 e. The summed E-state index contributed by atoms with van der Waals surface area (Å²) in [5, 5.41) is 25.2. The smallest absolute Gasteiger partial charge is 0.248 e. The van der Waals surface area contributed by atoms with E-state index in [1.165, 1.54) is 0 Å². The van der Waals surface area contributed by atoms with E-state index in [1.807, 2.05) is 56.4 Å². The van der Waals surface area contributed by atoms with Crippen LogP contribution in [0.2, 0.25) is 0 Å². The Morgan fingerprint density at radius 1 is 1.26 bits per heavy atom. The molecule has 2 heterocycles. The van der Waals surface area contributed by atoms with Crippen LogP contribution in [0.25, 0.3) is 0 Å². The number of hydrogen-bond acceptors (Lipinski definition) is 4. The summed E-state index contributed by atoms with van der Waals surface area (Å²) in [6.07, 6.45) is 0. The van der Waals surface area contributed by atoms with E-state index in [9.17, 15) is 15.3 Å². The van der Waals surface area contributed by atoms with Gasteiger partial charge in [-0.15, -0.1) is 0 Å². The van der Waals surface area contributed by atoms with Crippen LogP contribution in [0.5, 0.6) is 0 Å². The summed E-state index contributed by atoms with van der Waals surface area (Å²) in [7, 11) is 0. The Morgan fingerprint density at radius 3 is 2.26 bits per heavy atom.